The molecule has 1 saturated heterocycles. The summed E-state index contributed by atoms with van der Waals surface area (Å²) in [6.07, 6.45) is 1.01. The van der Waals surface area contributed by atoms with Crippen LogP contribution in [0.3, 0.4) is 0 Å². The molecule has 1 aliphatic rings. The molecule has 2 heterocycles. The van der Waals surface area contributed by atoms with E-state index in [2.05, 4.69) is 65.6 Å². The van der Waals surface area contributed by atoms with Crippen LogP contribution < -0.4 is 21.3 Å². The van der Waals surface area contributed by atoms with Gasteiger partial charge in [-0.2, -0.15) is 15.0 Å². The molecule has 1 aliphatic heterocycles. The second-order valence-corrected chi connectivity index (χ2v) is 11.1. The molecular weight excluding hydrogens is 464 g/mol. The van der Waals surface area contributed by atoms with E-state index in [4.69, 9.17) is 15.7 Å². The highest BCUT2D eigenvalue weighted by Crippen LogP contribution is 2.25. The Labute approximate surface area is 219 Å². The SMILES string of the molecule is Cc1ccc(C(N)=O)cc1Nc1nc(N[C@@H]2CCN(Cc3ccccc3)C2)nc(N(C)CC(C)(C)C)n1. The molecule has 9 nitrogen and oxygen atoms in total. The van der Waals surface area contributed by atoms with Crippen LogP contribution in [0.4, 0.5) is 23.5 Å². The van der Waals surface area contributed by atoms with E-state index in [1.165, 1.54) is 5.56 Å². The fourth-order valence-electron chi connectivity index (χ4n) is 4.59. The predicted octanol–water partition coefficient (Wildman–Crippen LogP) is 4.19. The molecule has 1 aromatic heterocycles. The van der Waals surface area contributed by atoms with Gasteiger partial charge in [-0.3, -0.25) is 9.69 Å². The molecule has 0 radical (unpaired) electrons. The van der Waals surface area contributed by atoms with E-state index in [1.807, 2.05) is 31.0 Å². The third-order valence-corrected chi connectivity index (χ3v) is 6.30. The molecule has 0 saturated carbocycles. The lowest BCUT2D eigenvalue weighted by Crippen LogP contribution is -2.31. The zero-order valence-electron chi connectivity index (χ0n) is 22.5. The van der Waals surface area contributed by atoms with E-state index in [9.17, 15) is 4.79 Å². The van der Waals surface area contributed by atoms with Crippen LogP contribution in [0, 0.1) is 12.3 Å². The van der Waals surface area contributed by atoms with E-state index in [0.29, 0.717) is 23.4 Å². The van der Waals surface area contributed by atoms with Gasteiger partial charge in [0.1, 0.15) is 0 Å². The van der Waals surface area contributed by atoms with Crippen molar-refractivity contribution in [3.05, 3.63) is 65.2 Å². The molecule has 0 bridgehead atoms. The zero-order valence-corrected chi connectivity index (χ0v) is 22.5. The third kappa shape index (κ3) is 7.39. The Morgan fingerprint density at radius 3 is 2.54 bits per heavy atom. The fourth-order valence-corrected chi connectivity index (χ4v) is 4.59. The van der Waals surface area contributed by atoms with Crippen LogP contribution in [-0.2, 0) is 6.54 Å². The number of nitrogens with zero attached hydrogens (tertiary/aromatic N) is 5. The van der Waals surface area contributed by atoms with Gasteiger partial charge in [0.2, 0.25) is 23.8 Å². The van der Waals surface area contributed by atoms with E-state index >= 15 is 0 Å². The van der Waals surface area contributed by atoms with Crippen molar-refractivity contribution >= 4 is 29.4 Å². The molecule has 0 spiro atoms. The largest absolute Gasteiger partial charge is 0.366 e. The Hall–Kier alpha value is -3.72. The minimum Gasteiger partial charge on any atom is -0.366 e. The summed E-state index contributed by atoms with van der Waals surface area (Å²) in [5.74, 6) is 1.05. The lowest BCUT2D eigenvalue weighted by molar-refractivity contribution is 0.100. The molecule has 0 aliphatic carbocycles. The number of amides is 1. The van der Waals surface area contributed by atoms with Crippen LogP contribution in [0.5, 0.6) is 0 Å². The molecule has 9 heteroatoms. The highest BCUT2D eigenvalue weighted by molar-refractivity contribution is 5.94. The number of nitrogens with two attached hydrogens (primary N) is 1. The number of nitrogens with one attached hydrogen (secondary N) is 2. The Kier molecular flexibility index (Phi) is 7.92. The number of hydrogen-bond donors (Lipinski definition) is 3. The second-order valence-electron chi connectivity index (χ2n) is 11.1. The molecule has 4 rings (SSSR count). The van der Waals surface area contributed by atoms with Gasteiger partial charge in [-0.05, 0) is 42.0 Å². The van der Waals surface area contributed by atoms with Gasteiger partial charge in [0, 0.05) is 50.5 Å². The van der Waals surface area contributed by atoms with Crippen molar-refractivity contribution < 1.29 is 4.79 Å². The first-order valence-electron chi connectivity index (χ1n) is 12.7. The molecule has 0 unspecified atom stereocenters. The van der Waals surface area contributed by atoms with Crippen LogP contribution in [-0.4, -0.2) is 58.5 Å². The number of carbonyl (C=O) groups excluding carboxylic acids is 1. The fraction of sp³-hybridized carbons (Fsp3) is 0.429. The number of benzene rings is 2. The van der Waals surface area contributed by atoms with Gasteiger partial charge in [-0.1, -0.05) is 57.2 Å². The number of carbonyl (C=O) groups is 1. The maximum Gasteiger partial charge on any atom is 0.248 e. The van der Waals surface area contributed by atoms with Crippen molar-refractivity contribution in [2.75, 3.05) is 42.2 Å². The Balaban J connectivity index is 1.55. The minimum atomic E-state index is -0.479. The van der Waals surface area contributed by atoms with Gasteiger partial charge in [-0.25, -0.2) is 0 Å². The summed E-state index contributed by atoms with van der Waals surface area (Å²) >= 11 is 0. The van der Waals surface area contributed by atoms with Gasteiger partial charge in [0.05, 0.1) is 0 Å². The summed E-state index contributed by atoms with van der Waals surface area (Å²) in [4.78, 5) is 30.4. The number of likely N-dealkylation sites (tertiary alicyclic amines) is 1. The van der Waals surface area contributed by atoms with E-state index in [-0.39, 0.29) is 11.5 Å². The lowest BCUT2D eigenvalue weighted by Gasteiger charge is -2.27. The predicted molar refractivity (Wildman–Crippen MR) is 149 cm³/mol. The van der Waals surface area contributed by atoms with Gasteiger partial charge >= 0.3 is 0 Å². The van der Waals surface area contributed by atoms with Crippen molar-refractivity contribution in [3.8, 4) is 0 Å². The molecule has 196 valence electrons. The van der Waals surface area contributed by atoms with E-state index < -0.39 is 5.91 Å². The highest BCUT2D eigenvalue weighted by atomic mass is 16.1. The third-order valence-electron chi connectivity index (χ3n) is 6.30. The molecule has 3 aromatic rings. The van der Waals surface area contributed by atoms with E-state index in [0.717, 1.165) is 43.9 Å². The topological polar surface area (TPSA) is 112 Å². The minimum absolute atomic E-state index is 0.0678. The first-order chi connectivity index (χ1) is 17.6. The number of hydrogen-bond acceptors (Lipinski definition) is 8. The quantitative estimate of drug-likeness (QED) is 0.399. The van der Waals surface area contributed by atoms with E-state index in [1.54, 1.807) is 12.1 Å². The summed E-state index contributed by atoms with van der Waals surface area (Å²) in [5.41, 5.74) is 8.99. The molecule has 1 amide bonds. The number of primary amides is 1. The summed E-state index contributed by atoms with van der Waals surface area (Å²) in [7, 11) is 1.99. The average Bonchev–Trinajstić information content (AvgIpc) is 3.26. The first-order valence-corrected chi connectivity index (χ1v) is 12.7. The first kappa shape index (κ1) is 26.3. The highest BCUT2D eigenvalue weighted by Gasteiger charge is 2.24. The van der Waals surface area contributed by atoms with Crippen molar-refractivity contribution in [2.45, 2.75) is 46.7 Å². The molecular formula is C28H38N8O. The van der Waals surface area contributed by atoms with Crippen molar-refractivity contribution in [2.24, 2.45) is 11.1 Å². The standard InChI is InChI=1S/C28H38N8O/c1-19-11-12-21(24(29)37)15-23(19)31-26-32-25(33-27(34-26)35(5)18-28(2,3)4)30-22-13-14-36(17-22)16-20-9-7-6-8-10-20/h6-12,15,22H,13-14,16-18H2,1-5H3,(H2,29,37)(H2,30,31,32,33,34)/t22-/m1/s1. The lowest BCUT2D eigenvalue weighted by atomic mass is 9.96. The number of aromatic nitrogens is 3. The van der Waals surface area contributed by atoms with Crippen molar-refractivity contribution in [1.29, 1.82) is 0 Å². The Bertz CT molecular complexity index is 1220. The monoisotopic (exact) mass is 502 g/mol. The molecule has 37 heavy (non-hydrogen) atoms. The van der Waals surface area contributed by atoms with Crippen LogP contribution in [0.25, 0.3) is 0 Å². The van der Waals surface area contributed by atoms with Crippen molar-refractivity contribution in [1.82, 2.24) is 19.9 Å². The molecule has 2 aromatic carbocycles. The van der Waals surface area contributed by atoms with Crippen LogP contribution in [0.2, 0.25) is 0 Å². The van der Waals surface area contributed by atoms with Crippen LogP contribution in [0.15, 0.2) is 48.5 Å². The zero-order chi connectivity index (χ0) is 26.6. The van der Waals surface area contributed by atoms with Crippen LogP contribution in [0.1, 0.15) is 48.7 Å². The second kappa shape index (κ2) is 11.1. The van der Waals surface area contributed by atoms with Gasteiger partial charge in [0.25, 0.3) is 0 Å². The van der Waals surface area contributed by atoms with Crippen LogP contribution >= 0.6 is 0 Å². The number of rotatable bonds is 9. The summed E-state index contributed by atoms with van der Waals surface area (Å²) < 4.78 is 0. The maximum atomic E-state index is 11.7. The van der Waals surface area contributed by atoms with Gasteiger partial charge < -0.3 is 21.3 Å². The Morgan fingerprint density at radius 2 is 1.84 bits per heavy atom. The molecule has 1 fully saturated rings. The van der Waals surface area contributed by atoms with Crippen molar-refractivity contribution in [3.63, 3.8) is 0 Å². The number of aryl methyl sites for hydroxylation is 1. The molecule has 1 atom stereocenters. The van der Waals surface area contributed by atoms with Gasteiger partial charge in [0.15, 0.2) is 0 Å². The summed E-state index contributed by atoms with van der Waals surface area (Å²) in [5, 5.41) is 6.83. The maximum absolute atomic E-state index is 11.7. The number of anilines is 4. The Morgan fingerprint density at radius 1 is 1.11 bits per heavy atom. The smallest absolute Gasteiger partial charge is 0.248 e. The molecule has 4 N–H and O–H groups in total. The summed E-state index contributed by atoms with van der Waals surface area (Å²) in [6, 6.07) is 16.1. The van der Waals surface area contributed by atoms with Gasteiger partial charge in [-0.15, -0.1) is 0 Å². The normalized spacial score (nSPS) is 16.0. The average molecular weight is 503 g/mol. The summed E-state index contributed by atoms with van der Waals surface area (Å²) in [6.45, 7) is 12.1.